The Hall–Kier alpha value is -2.15. The van der Waals surface area contributed by atoms with Crippen LogP contribution in [0, 0.1) is 10.1 Å². The molecule has 114 valence electrons. The summed E-state index contributed by atoms with van der Waals surface area (Å²) < 4.78 is 0. The van der Waals surface area contributed by atoms with Crippen LogP contribution in [-0.4, -0.2) is 40.0 Å². The number of nitro groups is 1. The number of nitrogens with zero attached hydrogens (tertiary/aromatic N) is 2. The number of benzene rings is 1. The maximum absolute atomic E-state index is 12.7. The minimum Gasteiger partial charge on any atom is -0.399 e. The molecule has 0 radical (unpaired) electrons. The summed E-state index contributed by atoms with van der Waals surface area (Å²) in [4.78, 5) is 24.7. The van der Waals surface area contributed by atoms with Crippen molar-refractivity contribution in [1.29, 1.82) is 0 Å². The summed E-state index contributed by atoms with van der Waals surface area (Å²) in [5, 5.41) is 20.3. The largest absolute Gasteiger partial charge is 0.399 e. The highest BCUT2D eigenvalue weighted by molar-refractivity contribution is 5.99. The van der Waals surface area contributed by atoms with Crippen molar-refractivity contribution in [3.05, 3.63) is 33.9 Å². The second-order valence-electron chi connectivity index (χ2n) is 5.19. The molecule has 0 aromatic heterocycles. The number of hydrogen-bond donors (Lipinski definition) is 2. The van der Waals surface area contributed by atoms with Gasteiger partial charge in [0.15, 0.2) is 0 Å². The maximum atomic E-state index is 12.7. The number of aliphatic hydroxyl groups excluding tert-OH is 1. The maximum Gasteiger partial charge on any atom is 0.282 e. The quantitative estimate of drug-likeness (QED) is 0.486. The normalized spacial score (nSPS) is 15.1. The summed E-state index contributed by atoms with van der Waals surface area (Å²) in [6, 6.07) is 4.01. The zero-order valence-electron chi connectivity index (χ0n) is 11.7. The first-order valence-corrected chi connectivity index (χ1v) is 7.00. The molecule has 1 fully saturated rings. The third-order valence-corrected chi connectivity index (χ3v) is 3.81. The number of rotatable bonds is 5. The fourth-order valence-electron chi connectivity index (χ4n) is 2.81. The van der Waals surface area contributed by atoms with Gasteiger partial charge in [0.05, 0.1) is 11.5 Å². The minimum atomic E-state index is -0.585. The molecule has 1 aromatic carbocycles. The van der Waals surface area contributed by atoms with E-state index in [1.165, 1.54) is 23.1 Å². The molecule has 1 aromatic rings. The fraction of sp³-hybridized carbons (Fsp3) is 0.500. The summed E-state index contributed by atoms with van der Waals surface area (Å²) in [6.45, 7) is 0.00774. The monoisotopic (exact) mass is 293 g/mol. The van der Waals surface area contributed by atoms with E-state index in [9.17, 15) is 20.0 Å². The number of aliphatic hydroxyl groups is 1. The molecule has 1 saturated carbocycles. The van der Waals surface area contributed by atoms with Crippen molar-refractivity contribution in [3.63, 3.8) is 0 Å². The van der Waals surface area contributed by atoms with Crippen LogP contribution in [0.15, 0.2) is 18.2 Å². The highest BCUT2D eigenvalue weighted by atomic mass is 16.6. The Bertz CT molecular complexity index is 541. The number of hydrogen-bond acceptors (Lipinski definition) is 5. The molecule has 2 rings (SSSR count). The smallest absolute Gasteiger partial charge is 0.282 e. The van der Waals surface area contributed by atoms with Crippen LogP contribution in [0.2, 0.25) is 0 Å². The zero-order chi connectivity index (χ0) is 15.4. The van der Waals surface area contributed by atoms with Crippen LogP contribution in [0.3, 0.4) is 0 Å². The Labute approximate surface area is 122 Å². The van der Waals surface area contributed by atoms with E-state index in [0.29, 0.717) is 5.69 Å². The summed E-state index contributed by atoms with van der Waals surface area (Å²) in [7, 11) is 0. The van der Waals surface area contributed by atoms with E-state index in [1.807, 2.05) is 0 Å². The fourth-order valence-corrected chi connectivity index (χ4v) is 2.81. The zero-order valence-corrected chi connectivity index (χ0v) is 11.7. The molecule has 0 spiro atoms. The summed E-state index contributed by atoms with van der Waals surface area (Å²) in [6.07, 6.45) is 3.78. The highest BCUT2D eigenvalue weighted by Gasteiger charge is 2.30. The van der Waals surface area contributed by atoms with Crippen molar-refractivity contribution in [1.82, 2.24) is 4.90 Å². The van der Waals surface area contributed by atoms with Gasteiger partial charge in [0.2, 0.25) is 0 Å². The third kappa shape index (κ3) is 3.30. The molecule has 0 atom stereocenters. The Balaban J connectivity index is 2.35. The van der Waals surface area contributed by atoms with Gasteiger partial charge in [-0.05, 0) is 25.0 Å². The van der Waals surface area contributed by atoms with E-state index in [2.05, 4.69) is 0 Å². The van der Waals surface area contributed by atoms with Crippen molar-refractivity contribution in [2.75, 3.05) is 18.9 Å². The Morgan fingerprint density at radius 2 is 2.10 bits per heavy atom. The van der Waals surface area contributed by atoms with Crippen molar-refractivity contribution in [2.24, 2.45) is 0 Å². The second-order valence-corrected chi connectivity index (χ2v) is 5.19. The minimum absolute atomic E-state index is 0.0136. The van der Waals surface area contributed by atoms with Crippen LogP contribution < -0.4 is 5.73 Å². The van der Waals surface area contributed by atoms with Crippen LogP contribution in [0.1, 0.15) is 36.0 Å². The standard InChI is InChI=1S/C14H19N3O4/c15-10-5-6-13(17(20)21)12(9-10)14(19)16(7-8-18)11-3-1-2-4-11/h5-6,9,11,18H,1-4,7-8,15H2. The Kier molecular flexibility index (Phi) is 4.74. The molecule has 1 aliphatic carbocycles. The number of carbonyl (C=O) groups is 1. The van der Waals surface area contributed by atoms with Gasteiger partial charge in [-0.15, -0.1) is 0 Å². The number of nitro benzene ring substituents is 1. The van der Waals surface area contributed by atoms with Crippen LogP contribution in [-0.2, 0) is 0 Å². The van der Waals surface area contributed by atoms with Gasteiger partial charge in [-0.2, -0.15) is 0 Å². The van der Waals surface area contributed by atoms with Crippen molar-refractivity contribution in [2.45, 2.75) is 31.7 Å². The molecule has 1 amide bonds. The van der Waals surface area contributed by atoms with Gasteiger partial charge in [0.25, 0.3) is 11.6 Å². The summed E-state index contributed by atoms with van der Waals surface area (Å²) in [5.41, 5.74) is 5.69. The number of anilines is 1. The topological polar surface area (TPSA) is 110 Å². The van der Waals surface area contributed by atoms with Gasteiger partial charge < -0.3 is 15.7 Å². The molecule has 0 saturated heterocycles. The van der Waals surface area contributed by atoms with E-state index < -0.39 is 10.8 Å². The first-order chi connectivity index (χ1) is 10.0. The van der Waals surface area contributed by atoms with Gasteiger partial charge in [-0.1, -0.05) is 12.8 Å². The number of carbonyl (C=O) groups excluding carboxylic acids is 1. The number of nitrogens with two attached hydrogens (primary N) is 1. The van der Waals surface area contributed by atoms with E-state index in [4.69, 9.17) is 5.73 Å². The molecule has 1 aliphatic rings. The second kappa shape index (κ2) is 6.53. The molecule has 7 heteroatoms. The molecular formula is C14H19N3O4. The number of amides is 1. The van der Waals surface area contributed by atoms with Crippen LogP contribution >= 0.6 is 0 Å². The Morgan fingerprint density at radius 3 is 2.67 bits per heavy atom. The van der Waals surface area contributed by atoms with Gasteiger partial charge in [0, 0.05) is 24.3 Å². The average Bonchev–Trinajstić information content (AvgIpc) is 2.97. The first-order valence-electron chi connectivity index (χ1n) is 7.00. The van der Waals surface area contributed by atoms with E-state index >= 15 is 0 Å². The van der Waals surface area contributed by atoms with E-state index in [-0.39, 0.29) is 30.4 Å². The molecule has 0 bridgehead atoms. The van der Waals surface area contributed by atoms with Crippen molar-refractivity contribution < 1.29 is 14.8 Å². The highest BCUT2D eigenvalue weighted by Crippen LogP contribution is 2.28. The van der Waals surface area contributed by atoms with Crippen LogP contribution in [0.25, 0.3) is 0 Å². The lowest BCUT2D eigenvalue weighted by molar-refractivity contribution is -0.385. The Morgan fingerprint density at radius 1 is 1.43 bits per heavy atom. The van der Waals surface area contributed by atoms with Crippen molar-refractivity contribution in [3.8, 4) is 0 Å². The molecule has 0 unspecified atom stereocenters. The SMILES string of the molecule is Nc1ccc([N+](=O)[O-])c(C(=O)N(CCO)C2CCCC2)c1. The molecule has 7 nitrogen and oxygen atoms in total. The predicted octanol–water partition coefficient (Wildman–Crippen LogP) is 1.55. The third-order valence-electron chi connectivity index (χ3n) is 3.81. The lowest BCUT2D eigenvalue weighted by atomic mass is 10.1. The molecule has 21 heavy (non-hydrogen) atoms. The molecular weight excluding hydrogens is 274 g/mol. The van der Waals surface area contributed by atoms with Gasteiger partial charge in [0.1, 0.15) is 5.56 Å². The van der Waals surface area contributed by atoms with Crippen molar-refractivity contribution >= 4 is 17.3 Å². The lowest BCUT2D eigenvalue weighted by Gasteiger charge is -2.28. The van der Waals surface area contributed by atoms with E-state index in [0.717, 1.165) is 25.7 Å². The van der Waals surface area contributed by atoms with Gasteiger partial charge >= 0.3 is 0 Å². The van der Waals surface area contributed by atoms with Gasteiger partial charge in [-0.25, -0.2) is 0 Å². The molecule has 3 N–H and O–H groups in total. The van der Waals surface area contributed by atoms with E-state index in [1.54, 1.807) is 0 Å². The van der Waals surface area contributed by atoms with Crippen LogP contribution in [0.4, 0.5) is 11.4 Å². The molecule has 0 aliphatic heterocycles. The lowest BCUT2D eigenvalue weighted by Crippen LogP contribution is -2.41. The number of nitrogen functional groups attached to an aromatic ring is 1. The molecule has 0 heterocycles. The first kappa shape index (κ1) is 15.2. The summed E-state index contributed by atoms with van der Waals surface area (Å²) in [5.74, 6) is -0.435. The van der Waals surface area contributed by atoms with Gasteiger partial charge in [-0.3, -0.25) is 14.9 Å². The average molecular weight is 293 g/mol. The van der Waals surface area contributed by atoms with Crippen LogP contribution in [0.5, 0.6) is 0 Å². The predicted molar refractivity (Wildman–Crippen MR) is 77.9 cm³/mol. The summed E-state index contributed by atoms with van der Waals surface area (Å²) >= 11 is 0.